The molecule has 1 atom stereocenters. The second kappa shape index (κ2) is 4.97. The topological polar surface area (TPSA) is 59.2 Å². The maximum Gasteiger partial charge on any atom is 0.228 e. The van der Waals surface area contributed by atoms with Crippen molar-refractivity contribution in [3.63, 3.8) is 0 Å². The molecule has 0 aliphatic carbocycles. The molecule has 4 nitrogen and oxygen atoms in total. The number of amides is 1. The van der Waals surface area contributed by atoms with Crippen molar-refractivity contribution in [2.75, 3.05) is 13.1 Å². The zero-order chi connectivity index (χ0) is 13.3. The lowest BCUT2D eigenvalue weighted by Gasteiger charge is -2.15. The molecule has 0 radical (unpaired) electrons. The van der Waals surface area contributed by atoms with Gasteiger partial charge in [-0.2, -0.15) is 0 Å². The van der Waals surface area contributed by atoms with Crippen LogP contribution in [0.1, 0.15) is 37.9 Å². The monoisotopic (exact) mass is 267 g/mol. The first-order chi connectivity index (χ1) is 8.36. The fourth-order valence-corrected chi connectivity index (χ4v) is 2.92. The van der Waals surface area contributed by atoms with Crippen LogP contribution in [-0.2, 0) is 16.6 Å². The molecule has 1 fully saturated rings. The molecular formula is C13H21N3OS. The Morgan fingerprint density at radius 1 is 1.61 bits per heavy atom. The minimum atomic E-state index is 0.0575. The van der Waals surface area contributed by atoms with Gasteiger partial charge in [0.1, 0.15) is 0 Å². The summed E-state index contributed by atoms with van der Waals surface area (Å²) in [5.41, 5.74) is 6.75. The van der Waals surface area contributed by atoms with Gasteiger partial charge in [-0.05, 0) is 6.42 Å². The molecule has 0 saturated carbocycles. The first-order valence-corrected chi connectivity index (χ1v) is 7.22. The SMILES string of the molecule is CC(C)(C)c1nc(CC(=O)N2CC[C@@H](N)C2)cs1. The molecule has 18 heavy (non-hydrogen) atoms. The highest BCUT2D eigenvalue weighted by Gasteiger charge is 2.25. The Labute approximate surface area is 112 Å². The zero-order valence-corrected chi connectivity index (χ0v) is 12.1. The van der Waals surface area contributed by atoms with E-state index >= 15 is 0 Å². The van der Waals surface area contributed by atoms with Crippen molar-refractivity contribution in [3.8, 4) is 0 Å². The number of carbonyl (C=O) groups is 1. The molecule has 100 valence electrons. The van der Waals surface area contributed by atoms with E-state index < -0.39 is 0 Å². The van der Waals surface area contributed by atoms with Gasteiger partial charge in [0.15, 0.2) is 0 Å². The van der Waals surface area contributed by atoms with Gasteiger partial charge in [0.05, 0.1) is 17.1 Å². The lowest BCUT2D eigenvalue weighted by atomic mass is 9.98. The van der Waals surface area contributed by atoms with E-state index in [4.69, 9.17) is 5.73 Å². The number of aromatic nitrogens is 1. The molecular weight excluding hydrogens is 246 g/mol. The molecule has 1 aliphatic rings. The quantitative estimate of drug-likeness (QED) is 0.884. The zero-order valence-electron chi connectivity index (χ0n) is 11.3. The highest BCUT2D eigenvalue weighted by atomic mass is 32.1. The van der Waals surface area contributed by atoms with Gasteiger partial charge in [-0.3, -0.25) is 4.79 Å². The van der Waals surface area contributed by atoms with Gasteiger partial charge in [-0.1, -0.05) is 20.8 Å². The second-order valence-corrected chi connectivity index (χ2v) is 6.82. The average Bonchev–Trinajstić information content (AvgIpc) is 2.85. The maximum atomic E-state index is 12.1. The Kier molecular flexibility index (Phi) is 3.73. The van der Waals surface area contributed by atoms with E-state index in [1.165, 1.54) is 0 Å². The Balaban J connectivity index is 1.97. The van der Waals surface area contributed by atoms with Crippen LogP contribution >= 0.6 is 11.3 Å². The van der Waals surface area contributed by atoms with Crippen molar-refractivity contribution < 1.29 is 4.79 Å². The van der Waals surface area contributed by atoms with E-state index in [0.29, 0.717) is 13.0 Å². The Hall–Kier alpha value is -0.940. The van der Waals surface area contributed by atoms with Crippen molar-refractivity contribution >= 4 is 17.2 Å². The van der Waals surface area contributed by atoms with Crippen LogP contribution in [0.2, 0.25) is 0 Å². The van der Waals surface area contributed by atoms with Gasteiger partial charge in [0, 0.05) is 29.9 Å². The molecule has 1 aliphatic heterocycles. The predicted octanol–water partition coefficient (Wildman–Crippen LogP) is 1.54. The van der Waals surface area contributed by atoms with Gasteiger partial charge < -0.3 is 10.6 Å². The number of rotatable bonds is 2. The molecule has 1 aromatic rings. The summed E-state index contributed by atoms with van der Waals surface area (Å²) < 4.78 is 0. The number of hydrogen-bond acceptors (Lipinski definition) is 4. The van der Waals surface area contributed by atoms with Crippen molar-refractivity contribution in [1.82, 2.24) is 9.88 Å². The molecule has 0 aromatic carbocycles. The molecule has 0 spiro atoms. The van der Waals surface area contributed by atoms with Crippen LogP contribution in [0.25, 0.3) is 0 Å². The van der Waals surface area contributed by atoms with Crippen molar-refractivity contribution in [2.24, 2.45) is 5.73 Å². The molecule has 2 N–H and O–H groups in total. The Bertz CT molecular complexity index is 436. The maximum absolute atomic E-state index is 12.1. The second-order valence-electron chi connectivity index (χ2n) is 5.96. The van der Waals surface area contributed by atoms with Crippen LogP contribution in [0.3, 0.4) is 0 Å². The number of likely N-dealkylation sites (tertiary alicyclic amines) is 1. The van der Waals surface area contributed by atoms with E-state index in [-0.39, 0.29) is 17.4 Å². The minimum Gasteiger partial charge on any atom is -0.341 e. The highest BCUT2D eigenvalue weighted by Crippen LogP contribution is 2.25. The highest BCUT2D eigenvalue weighted by molar-refractivity contribution is 7.09. The number of thiazole rings is 1. The van der Waals surface area contributed by atoms with Gasteiger partial charge in [-0.25, -0.2) is 4.98 Å². The molecule has 2 heterocycles. The third-order valence-electron chi connectivity index (χ3n) is 3.10. The number of hydrogen-bond donors (Lipinski definition) is 1. The van der Waals surface area contributed by atoms with E-state index in [9.17, 15) is 4.79 Å². The summed E-state index contributed by atoms with van der Waals surface area (Å²) in [4.78, 5) is 18.5. The van der Waals surface area contributed by atoms with Gasteiger partial charge in [0.25, 0.3) is 0 Å². The largest absolute Gasteiger partial charge is 0.341 e. The smallest absolute Gasteiger partial charge is 0.228 e. The van der Waals surface area contributed by atoms with Gasteiger partial charge in [0.2, 0.25) is 5.91 Å². The summed E-state index contributed by atoms with van der Waals surface area (Å²) in [6.07, 6.45) is 1.31. The number of nitrogens with two attached hydrogens (primary N) is 1. The van der Waals surface area contributed by atoms with Crippen LogP contribution < -0.4 is 5.73 Å². The van der Waals surface area contributed by atoms with E-state index in [1.807, 2.05) is 10.3 Å². The summed E-state index contributed by atoms with van der Waals surface area (Å²) in [7, 11) is 0. The van der Waals surface area contributed by atoms with Crippen LogP contribution in [0.5, 0.6) is 0 Å². The molecule has 1 amide bonds. The van der Waals surface area contributed by atoms with Crippen LogP contribution in [-0.4, -0.2) is 34.9 Å². The van der Waals surface area contributed by atoms with Crippen molar-refractivity contribution in [3.05, 3.63) is 16.1 Å². The summed E-state index contributed by atoms with van der Waals surface area (Å²) in [5, 5.41) is 3.08. The lowest BCUT2D eigenvalue weighted by Crippen LogP contribution is -2.33. The average molecular weight is 267 g/mol. The molecule has 2 rings (SSSR count). The van der Waals surface area contributed by atoms with Gasteiger partial charge >= 0.3 is 0 Å². The first-order valence-electron chi connectivity index (χ1n) is 6.34. The van der Waals surface area contributed by atoms with Crippen LogP contribution in [0, 0.1) is 0 Å². The standard InChI is InChI=1S/C13H21N3OS/c1-13(2,3)12-15-10(8-18-12)6-11(17)16-5-4-9(14)7-16/h8-9H,4-7,14H2,1-3H3/t9-/m1/s1. The molecule has 5 heteroatoms. The van der Waals surface area contributed by atoms with E-state index in [0.717, 1.165) is 23.7 Å². The van der Waals surface area contributed by atoms with Crippen molar-refractivity contribution in [1.29, 1.82) is 0 Å². The summed E-state index contributed by atoms with van der Waals surface area (Å²) in [6.45, 7) is 7.89. The van der Waals surface area contributed by atoms with Crippen LogP contribution in [0.15, 0.2) is 5.38 Å². The van der Waals surface area contributed by atoms with Gasteiger partial charge in [-0.15, -0.1) is 11.3 Å². The third kappa shape index (κ3) is 3.09. The van der Waals surface area contributed by atoms with Crippen molar-refractivity contribution in [2.45, 2.75) is 45.1 Å². The number of carbonyl (C=O) groups excluding carboxylic acids is 1. The number of nitrogens with zero attached hydrogens (tertiary/aromatic N) is 2. The fraction of sp³-hybridized carbons (Fsp3) is 0.692. The third-order valence-corrected chi connectivity index (χ3v) is 4.42. The Morgan fingerprint density at radius 2 is 2.33 bits per heavy atom. The Morgan fingerprint density at radius 3 is 2.83 bits per heavy atom. The summed E-state index contributed by atoms with van der Waals surface area (Å²) >= 11 is 1.64. The van der Waals surface area contributed by atoms with E-state index in [1.54, 1.807) is 11.3 Å². The fourth-order valence-electron chi connectivity index (χ4n) is 2.01. The van der Waals surface area contributed by atoms with E-state index in [2.05, 4.69) is 25.8 Å². The molecule has 0 unspecified atom stereocenters. The minimum absolute atomic E-state index is 0.0575. The predicted molar refractivity (Wildman–Crippen MR) is 73.7 cm³/mol. The van der Waals surface area contributed by atoms with Crippen LogP contribution in [0.4, 0.5) is 0 Å². The summed E-state index contributed by atoms with van der Waals surface area (Å²) in [6, 6.07) is 0.148. The molecule has 1 saturated heterocycles. The lowest BCUT2D eigenvalue weighted by molar-refractivity contribution is -0.129. The first kappa shape index (κ1) is 13.5. The molecule has 1 aromatic heterocycles. The summed E-state index contributed by atoms with van der Waals surface area (Å²) in [5.74, 6) is 0.147. The molecule has 0 bridgehead atoms. The normalized spacial score (nSPS) is 20.4.